The van der Waals surface area contributed by atoms with Crippen LogP contribution < -0.4 is 5.32 Å². The monoisotopic (exact) mass is 252 g/mol. The van der Waals surface area contributed by atoms with Gasteiger partial charge >= 0.3 is 0 Å². The molecule has 1 heterocycles. The molecule has 2 fully saturated rings. The summed E-state index contributed by atoms with van der Waals surface area (Å²) in [5.74, 6) is 0.764. The number of hydrogen-bond donors (Lipinski definition) is 1. The molecule has 0 aromatic rings. The Bertz CT molecular complexity index is 306. The van der Waals surface area contributed by atoms with Crippen molar-refractivity contribution in [3.63, 3.8) is 0 Å². The van der Waals surface area contributed by atoms with Crippen molar-refractivity contribution in [2.75, 3.05) is 6.54 Å². The summed E-state index contributed by atoms with van der Waals surface area (Å²) in [7, 11) is 0. The summed E-state index contributed by atoms with van der Waals surface area (Å²) >= 11 is 0. The summed E-state index contributed by atoms with van der Waals surface area (Å²) in [6.45, 7) is 9.69. The first-order valence-electron chi connectivity index (χ1n) is 7.59. The Hall–Kier alpha value is -0.570. The van der Waals surface area contributed by atoms with Gasteiger partial charge in [0, 0.05) is 6.54 Å². The van der Waals surface area contributed by atoms with Crippen LogP contribution in [0, 0.1) is 11.3 Å². The maximum Gasteiger partial charge on any atom is 0.241 e. The van der Waals surface area contributed by atoms with Crippen LogP contribution >= 0.6 is 0 Å². The van der Waals surface area contributed by atoms with Gasteiger partial charge in [0.1, 0.15) is 0 Å². The maximum atomic E-state index is 12.5. The molecular formula is C15H28N2O. The molecule has 0 radical (unpaired) electrons. The molecule has 1 aliphatic heterocycles. The van der Waals surface area contributed by atoms with Crippen molar-refractivity contribution < 1.29 is 4.79 Å². The molecule has 1 N–H and O–H groups in total. The van der Waals surface area contributed by atoms with Gasteiger partial charge < -0.3 is 4.90 Å². The number of carbonyl (C=O) groups is 1. The number of carbonyl (C=O) groups excluding carboxylic acids is 1. The fraction of sp³-hybridized carbons (Fsp3) is 0.933. The van der Waals surface area contributed by atoms with Crippen molar-refractivity contribution >= 4 is 5.91 Å². The van der Waals surface area contributed by atoms with E-state index in [0.717, 1.165) is 13.0 Å². The fourth-order valence-corrected chi connectivity index (χ4v) is 3.31. The van der Waals surface area contributed by atoms with Gasteiger partial charge in [-0.1, -0.05) is 33.6 Å². The van der Waals surface area contributed by atoms with Crippen LogP contribution in [0.25, 0.3) is 0 Å². The zero-order valence-electron chi connectivity index (χ0n) is 12.3. The average molecular weight is 252 g/mol. The molecule has 2 rings (SSSR count). The SMILES string of the molecule is CCC(C)C1NC(C)N(CC2(CC)CCC2)C1=O. The molecule has 18 heavy (non-hydrogen) atoms. The van der Waals surface area contributed by atoms with Crippen molar-refractivity contribution in [3.05, 3.63) is 0 Å². The van der Waals surface area contributed by atoms with E-state index >= 15 is 0 Å². The van der Waals surface area contributed by atoms with Gasteiger partial charge in [-0.15, -0.1) is 0 Å². The van der Waals surface area contributed by atoms with Crippen molar-refractivity contribution in [2.45, 2.75) is 72.0 Å². The highest BCUT2D eigenvalue weighted by Crippen LogP contribution is 2.45. The summed E-state index contributed by atoms with van der Waals surface area (Å²) in [5, 5.41) is 3.48. The molecule has 0 bridgehead atoms. The highest BCUT2D eigenvalue weighted by atomic mass is 16.2. The second-order valence-corrected chi connectivity index (χ2v) is 6.38. The molecule has 0 aromatic heterocycles. The lowest BCUT2D eigenvalue weighted by molar-refractivity contribution is -0.133. The van der Waals surface area contributed by atoms with Crippen LogP contribution in [0.3, 0.4) is 0 Å². The van der Waals surface area contributed by atoms with E-state index in [1.54, 1.807) is 0 Å². The van der Waals surface area contributed by atoms with Crippen LogP contribution in [0.1, 0.15) is 59.8 Å². The topological polar surface area (TPSA) is 32.3 Å². The summed E-state index contributed by atoms with van der Waals surface area (Å²) in [6.07, 6.45) is 6.41. The van der Waals surface area contributed by atoms with Crippen molar-refractivity contribution in [1.82, 2.24) is 10.2 Å². The molecule has 0 spiro atoms. The van der Waals surface area contributed by atoms with Gasteiger partial charge in [-0.05, 0) is 37.5 Å². The van der Waals surface area contributed by atoms with Crippen molar-refractivity contribution in [3.8, 4) is 0 Å². The predicted molar refractivity (Wildman–Crippen MR) is 74.1 cm³/mol. The summed E-state index contributed by atoms with van der Waals surface area (Å²) in [6, 6.07) is 0.0407. The predicted octanol–water partition coefficient (Wildman–Crippen LogP) is 2.76. The van der Waals surface area contributed by atoms with Gasteiger partial charge in [0.2, 0.25) is 5.91 Å². The van der Waals surface area contributed by atoms with Gasteiger partial charge in [-0.2, -0.15) is 0 Å². The molecule has 3 unspecified atom stereocenters. The second kappa shape index (κ2) is 5.20. The molecule has 0 aromatic carbocycles. The van der Waals surface area contributed by atoms with Gasteiger partial charge in [0.15, 0.2) is 0 Å². The molecule has 1 amide bonds. The highest BCUT2D eigenvalue weighted by molar-refractivity contribution is 5.84. The Morgan fingerprint density at radius 1 is 1.44 bits per heavy atom. The Labute approximate surface area is 111 Å². The van der Waals surface area contributed by atoms with Crippen molar-refractivity contribution in [2.24, 2.45) is 11.3 Å². The maximum absolute atomic E-state index is 12.5. The van der Waals surface area contributed by atoms with Crippen LogP contribution in [0.4, 0.5) is 0 Å². The Morgan fingerprint density at radius 2 is 2.11 bits per heavy atom. The molecule has 3 nitrogen and oxygen atoms in total. The largest absolute Gasteiger partial charge is 0.326 e. The number of nitrogens with zero attached hydrogens (tertiary/aromatic N) is 1. The third-order valence-electron chi connectivity index (χ3n) is 5.32. The van der Waals surface area contributed by atoms with E-state index in [4.69, 9.17) is 0 Å². The lowest BCUT2D eigenvalue weighted by atomic mass is 9.66. The first-order chi connectivity index (χ1) is 8.53. The van der Waals surface area contributed by atoms with Gasteiger partial charge in [0.05, 0.1) is 12.2 Å². The standard InChI is InChI=1S/C15H28N2O/c1-5-11(3)13-14(18)17(12(4)16-13)10-15(6-2)8-7-9-15/h11-13,16H,5-10H2,1-4H3. The van der Waals surface area contributed by atoms with Gasteiger partial charge in [-0.25, -0.2) is 0 Å². The molecule has 2 aliphatic rings. The quantitative estimate of drug-likeness (QED) is 0.816. The van der Waals surface area contributed by atoms with Crippen molar-refractivity contribution in [1.29, 1.82) is 0 Å². The minimum atomic E-state index is 0.0407. The number of amides is 1. The van der Waals surface area contributed by atoms with E-state index in [-0.39, 0.29) is 12.2 Å². The van der Waals surface area contributed by atoms with E-state index in [2.05, 4.69) is 37.9 Å². The molecule has 1 saturated heterocycles. The van der Waals surface area contributed by atoms with E-state index in [9.17, 15) is 4.79 Å². The van der Waals surface area contributed by atoms with E-state index in [1.165, 1.54) is 25.7 Å². The third-order valence-corrected chi connectivity index (χ3v) is 5.32. The first kappa shape index (κ1) is 13.9. The average Bonchev–Trinajstić information content (AvgIpc) is 2.59. The number of rotatable bonds is 5. The molecular weight excluding hydrogens is 224 g/mol. The molecule has 3 atom stereocenters. The highest BCUT2D eigenvalue weighted by Gasteiger charge is 2.44. The normalized spacial score (nSPS) is 32.4. The second-order valence-electron chi connectivity index (χ2n) is 6.38. The van der Waals surface area contributed by atoms with Crippen LogP contribution in [-0.4, -0.2) is 29.6 Å². The third kappa shape index (κ3) is 2.29. The molecule has 3 heteroatoms. The van der Waals surface area contributed by atoms with Crippen LogP contribution in [0.5, 0.6) is 0 Å². The lowest BCUT2D eigenvalue weighted by Crippen LogP contribution is -2.46. The zero-order valence-corrected chi connectivity index (χ0v) is 12.3. The minimum absolute atomic E-state index is 0.0407. The molecule has 104 valence electrons. The fourth-order valence-electron chi connectivity index (χ4n) is 3.31. The Kier molecular flexibility index (Phi) is 4.00. The van der Waals surface area contributed by atoms with Gasteiger partial charge in [0.25, 0.3) is 0 Å². The zero-order chi connectivity index (χ0) is 13.3. The van der Waals surface area contributed by atoms with Crippen LogP contribution in [0.15, 0.2) is 0 Å². The van der Waals surface area contributed by atoms with Crippen LogP contribution in [0.2, 0.25) is 0 Å². The Balaban J connectivity index is 2.03. The minimum Gasteiger partial charge on any atom is -0.326 e. The summed E-state index contributed by atoms with van der Waals surface area (Å²) in [5.41, 5.74) is 0.427. The van der Waals surface area contributed by atoms with E-state index < -0.39 is 0 Å². The lowest BCUT2D eigenvalue weighted by Gasteiger charge is -2.44. The molecule has 1 aliphatic carbocycles. The number of nitrogens with one attached hydrogen (secondary N) is 1. The summed E-state index contributed by atoms with van der Waals surface area (Å²) < 4.78 is 0. The number of hydrogen-bond acceptors (Lipinski definition) is 2. The smallest absolute Gasteiger partial charge is 0.241 e. The van der Waals surface area contributed by atoms with E-state index in [0.29, 0.717) is 17.2 Å². The van der Waals surface area contributed by atoms with Crippen LogP contribution in [-0.2, 0) is 4.79 Å². The first-order valence-corrected chi connectivity index (χ1v) is 7.59. The van der Waals surface area contributed by atoms with E-state index in [1.807, 2.05) is 0 Å². The van der Waals surface area contributed by atoms with Gasteiger partial charge in [-0.3, -0.25) is 10.1 Å². The molecule has 1 saturated carbocycles. The Morgan fingerprint density at radius 3 is 2.56 bits per heavy atom. The summed E-state index contributed by atoms with van der Waals surface area (Å²) in [4.78, 5) is 14.6.